The average molecular weight is 381 g/mol. The molecule has 0 aliphatic carbocycles. The molecule has 138 valence electrons. The van der Waals surface area contributed by atoms with Gasteiger partial charge < -0.3 is 26.0 Å². The first kappa shape index (κ1) is 24.9. The van der Waals surface area contributed by atoms with Crippen molar-refractivity contribution in [2.75, 3.05) is 45.0 Å². The second kappa shape index (κ2) is 13.0. The zero-order valence-corrected chi connectivity index (χ0v) is 15.7. The second-order valence-corrected chi connectivity index (χ2v) is 5.23. The lowest BCUT2D eigenvalue weighted by atomic mass is 10.2. The maximum Gasteiger partial charge on any atom is 0.243 e. The Morgan fingerprint density at radius 3 is 2.08 bits per heavy atom. The van der Waals surface area contributed by atoms with Crippen LogP contribution in [-0.2, 0) is 14.3 Å². The molecule has 0 bridgehead atoms. The predicted molar refractivity (Wildman–Crippen MR) is 101 cm³/mol. The molecule has 0 aliphatic heterocycles. The van der Waals surface area contributed by atoms with Gasteiger partial charge in [-0.25, -0.2) is 0 Å². The number of carbonyl (C=O) groups excluding carboxylic acids is 2. The number of hydrogen-bond acceptors (Lipinski definition) is 5. The highest BCUT2D eigenvalue weighted by Crippen LogP contribution is 2.14. The third-order valence-corrected chi connectivity index (χ3v) is 2.91. The summed E-state index contributed by atoms with van der Waals surface area (Å²) in [7, 11) is 5.32. The van der Waals surface area contributed by atoms with Crippen molar-refractivity contribution in [3.05, 3.63) is 24.3 Å². The van der Waals surface area contributed by atoms with E-state index in [0.717, 1.165) is 0 Å². The molecule has 7 nitrogen and oxygen atoms in total. The summed E-state index contributed by atoms with van der Waals surface area (Å²) in [4.78, 5) is 25.4. The molecule has 0 aliphatic rings. The van der Waals surface area contributed by atoms with Crippen molar-refractivity contribution in [1.82, 2.24) is 4.90 Å². The summed E-state index contributed by atoms with van der Waals surface area (Å²) >= 11 is 0. The molecule has 1 rings (SSSR count). The van der Waals surface area contributed by atoms with E-state index in [1.165, 1.54) is 7.11 Å². The van der Waals surface area contributed by atoms with Crippen LogP contribution < -0.4 is 16.4 Å². The Balaban J connectivity index is 0. The van der Waals surface area contributed by atoms with Gasteiger partial charge in [-0.1, -0.05) is 0 Å². The summed E-state index contributed by atoms with van der Waals surface area (Å²) in [5.41, 5.74) is 6.93. The summed E-state index contributed by atoms with van der Waals surface area (Å²) in [6, 6.07) is 6.16. The van der Waals surface area contributed by atoms with Crippen molar-refractivity contribution >= 4 is 48.0 Å². The molecule has 24 heavy (non-hydrogen) atoms. The largest absolute Gasteiger partial charge is 0.383 e. The number of rotatable bonds is 8. The highest BCUT2D eigenvalue weighted by molar-refractivity contribution is 5.95. The zero-order valence-electron chi connectivity index (χ0n) is 14.1. The Labute approximate surface area is 155 Å². The minimum Gasteiger partial charge on any atom is -0.383 e. The topological polar surface area (TPSA) is 96.7 Å². The van der Waals surface area contributed by atoms with Crippen LogP contribution in [0.15, 0.2) is 24.3 Å². The molecule has 1 aromatic carbocycles. The van der Waals surface area contributed by atoms with E-state index in [0.29, 0.717) is 24.3 Å². The van der Waals surface area contributed by atoms with Crippen LogP contribution in [-0.4, -0.2) is 57.1 Å². The number of halogens is 2. The Morgan fingerprint density at radius 1 is 1.12 bits per heavy atom. The normalized spacial score (nSPS) is 11.0. The lowest BCUT2D eigenvalue weighted by Crippen LogP contribution is -2.39. The molecule has 1 atom stereocenters. The molecule has 0 heterocycles. The Kier molecular flexibility index (Phi) is 13.4. The fraction of sp³-hybridized carbons (Fsp3) is 0.467. The molecule has 0 fully saturated rings. The van der Waals surface area contributed by atoms with E-state index in [2.05, 4.69) is 10.6 Å². The van der Waals surface area contributed by atoms with Crippen LogP contribution in [0.5, 0.6) is 0 Å². The summed E-state index contributed by atoms with van der Waals surface area (Å²) in [6.45, 7) is 0.850. The van der Waals surface area contributed by atoms with Gasteiger partial charge in [0, 0.05) is 31.5 Å². The van der Waals surface area contributed by atoms with E-state index in [-0.39, 0.29) is 43.2 Å². The van der Waals surface area contributed by atoms with E-state index in [9.17, 15) is 9.59 Å². The Morgan fingerprint density at radius 2 is 1.62 bits per heavy atom. The second-order valence-electron chi connectivity index (χ2n) is 5.23. The van der Waals surface area contributed by atoms with Crippen LogP contribution in [0.2, 0.25) is 0 Å². The van der Waals surface area contributed by atoms with Crippen LogP contribution >= 0.6 is 24.8 Å². The highest BCUT2D eigenvalue weighted by atomic mass is 35.5. The van der Waals surface area contributed by atoms with Crippen molar-refractivity contribution in [3.8, 4) is 0 Å². The third-order valence-electron chi connectivity index (χ3n) is 2.91. The first-order chi connectivity index (χ1) is 10.4. The van der Waals surface area contributed by atoms with Crippen LogP contribution in [0.4, 0.5) is 11.4 Å². The molecule has 0 spiro atoms. The number of amides is 2. The fourth-order valence-corrected chi connectivity index (χ4v) is 1.68. The number of nitrogens with two attached hydrogens (primary N) is 1. The lowest BCUT2D eigenvalue weighted by Gasteiger charge is -2.12. The molecule has 0 saturated heterocycles. The zero-order chi connectivity index (χ0) is 16.5. The molecule has 0 radical (unpaired) electrons. The van der Waals surface area contributed by atoms with Gasteiger partial charge >= 0.3 is 0 Å². The number of anilines is 2. The quantitative estimate of drug-likeness (QED) is 0.631. The summed E-state index contributed by atoms with van der Waals surface area (Å²) in [6.07, 6.45) is 0.428. The average Bonchev–Trinajstić information content (AvgIpc) is 2.47. The number of carbonyl (C=O) groups is 2. The number of benzene rings is 1. The smallest absolute Gasteiger partial charge is 0.243 e. The molecule has 2 amide bonds. The monoisotopic (exact) mass is 380 g/mol. The molecule has 9 heteroatoms. The predicted octanol–water partition coefficient (Wildman–Crippen LogP) is 1.33. The minimum atomic E-state index is -0.713. The first-order valence-electron chi connectivity index (χ1n) is 7.02. The minimum absolute atomic E-state index is 0. The summed E-state index contributed by atoms with van der Waals surface area (Å²) in [5.74, 6) is -0.364. The molecule has 1 aromatic rings. The van der Waals surface area contributed by atoms with Gasteiger partial charge in [-0.05, 0) is 38.4 Å². The fourth-order valence-electron chi connectivity index (χ4n) is 1.68. The van der Waals surface area contributed by atoms with Crippen LogP contribution in [0.25, 0.3) is 0 Å². The molecule has 1 unspecified atom stereocenters. The molecular weight excluding hydrogens is 355 g/mol. The number of nitrogens with one attached hydrogen (secondary N) is 2. The Hall–Kier alpha value is -1.38. The van der Waals surface area contributed by atoms with Gasteiger partial charge in [0.15, 0.2) is 0 Å². The van der Waals surface area contributed by atoms with Gasteiger partial charge in [-0.15, -0.1) is 24.8 Å². The third kappa shape index (κ3) is 9.69. The standard InChI is InChI=1S/C15H24N4O3.2ClH/c1-19(2)9-8-14(20)17-11-4-6-12(7-5-11)18-15(21)13(16)10-22-3;;/h4-7,13H,8-10,16H2,1-3H3,(H,17,20)(H,18,21);2*1H. The van der Waals surface area contributed by atoms with Crippen molar-refractivity contribution in [1.29, 1.82) is 0 Å². The van der Waals surface area contributed by atoms with Crippen LogP contribution in [0.3, 0.4) is 0 Å². The maximum absolute atomic E-state index is 11.7. The molecular formula is C15H26Cl2N4O3. The van der Waals surface area contributed by atoms with Crippen LogP contribution in [0, 0.1) is 0 Å². The van der Waals surface area contributed by atoms with E-state index >= 15 is 0 Å². The van der Waals surface area contributed by atoms with Crippen molar-refractivity contribution in [2.24, 2.45) is 5.73 Å². The number of ether oxygens (including phenoxy) is 1. The number of nitrogens with zero attached hydrogens (tertiary/aromatic N) is 1. The van der Waals surface area contributed by atoms with Crippen molar-refractivity contribution in [3.63, 3.8) is 0 Å². The van der Waals surface area contributed by atoms with Crippen molar-refractivity contribution in [2.45, 2.75) is 12.5 Å². The number of hydrogen-bond donors (Lipinski definition) is 3. The van der Waals surface area contributed by atoms with E-state index in [4.69, 9.17) is 10.5 Å². The van der Waals surface area contributed by atoms with E-state index < -0.39 is 6.04 Å². The number of methoxy groups -OCH3 is 1. The molecule has 0 aromatic heterocycles. The van der Waals surface area contributed by atoms with Gasteiger partial charge in [-0.3, -0.25) is 9.59 Å². The molecule has 4 N–H and O–H groups in total. The highest BCUT2D eigenvalue weighted by Gasteiger charge is 2.13. The lowest BCUT2D eigenvalue weighted by molar-refractivity contribution is -0.118. The van der Waals surface area contributed by atoms with Gasteiger partial charge in [0.05, 0.1) is 6.61 Å². The summed E-state index contributed by atoms with van der Waals surface area (Å²) < 4.78 is 4.83. The van der Waals surface area contributed by atoms with Crippen LogP contribution in [0.1, 0.15) is 6.42 Å². The van der Waals surface area contributed by atoms with Gasteiger partial charge in [0.1, 0.15) is 6.04 Å². The SMILES string of the molecule is COCC(N)C(=O)Nc1ccc(NC(=O)CCN(C)C)cc1.Cl.Cl. The Bertz CT molecular complexity index is 498. The van der Waals surface area contributed by atoms with Crippen molar-refractivity contribution < 1.29 is 14.3 Å². The van der Waals surface area contributed by atoms with Gasteiger partial charge in [0.2, 0.25) is 11.8 Å². The first-order valence-corrected chi connectivity index (χ1v) is 7.02. The molecule has 0 saturated carbocycles. The van der Waals surface area contributed by atoms with E-state index in [1.807, 2.05) is 19.0 Å². The van der Waals surface area contributed by atoms with Gasteiger partial charge in [-0.2, -0.15) is 0 Å². The van der Waals surface area contributed by atoms with Gasteiger partial charge in [0.25, 0.3) is 0 Å². The summed E-state index contributed by atoms with van der Waals surface area (Å²) in [5, 5.41) is 5.48. The maximum atomic E-state index is 11.7. The van der Waals surface area contributed by atoms with E-state index in [1.54, 1.807) is 24.3 Å².